The van der Waals surface area contributed by atoms with Gasteiger partial charge < -0.3 is 14.8 Å². The van der Waals surface area contributed by atoms with Crippen molar-refractivity contribution >= 4 is 28.5 Å². The van der Waals surface area contributed by atoms with Gasteiger partial charge >= 0.3 is 0 Å². The van der Waals surface area contributed by atoms with E-state index in [0.29, 0.717) is 19.4 Å². The van der Waals surface area contributed by atoms with E-state index < -0.39 is 0 Å². The Labute approximate surface area is 184 Å². The van der Waals surface area contributed by atoms with E-state index in [1.54, 1.807) is 0 Å². The maximum atomic E-state index is 13.4. The molecule has 0 saturated heterocycles. The molecule has 6 heteroatoms. The molecular formula is C25H32N4O2. The molecule has 0 spiro atoms. The minimum Gasteiger partial charge on any atom is -0.356 e. The Kier molecular flexibility index (Phi) is 7.82. The van der Waals surface area contributed by atoms with E-state index in [1.165, 1.54) is 0 Å². The number of imidazole rings is 1. The van der Waals surface area contributed by atoms with Crippen LogP contribution in [-0.2, 0) is 22.6 Å². The van der Waals surface area contributed by atoms with Crippen LogP contribution in [0.15, 0.2) is 54.6 Å². The summed E-state index contributed by atoms with van der Waals surface area (Å²) in [6.45, 7) is 6.88. The summed E-state index contributed by atoms with van der Waals surface area (Å²) in [6, 6.07) is 17.7. The summed E-state index contributed by atoms with van der Waals surface area (Å²) in [5.41, 5.74) is 2.74. The van der Waals surface area contributed by atoms with Crippen molar-refractivity contribution in [3.05, 3.63) is 60.4 Å². The van der Waals surface area contributed by atoms with Crippen LogP contribution < -0.4 is 10.2 Å². The van der Waals surface area contributed by atoms with Crippen LogP contribution in [0.25, 0.3) is 11.0 Å². The maximum absolute atomic E-state index is 13.4. The number of carbonyl (C=O) groups is 2. The first-order valence-corrected chi connectivity index (χ1v) is 11.1. The highest BCUT2D eigenvalue weighted by Gasteiger charge is 2.21. The Hall–Kier alpha value is -3.15. The van der Waals surface area contributed by atoms with Gasteiger partial charge in [-0.2, -0.15) is 0 Å². The highest BCUT2D eigenvalue weighted by atomic mass is 16.2. The number of anilines is 1. The number of benzene rings is 2. The standard InChI is InChI=1S/C25H32N4O2/c1-4-11-24(30)26-17-10-16-23-27-21-14-8-9-15-22(21)28(23)18-25(31)29(19(2)3)20-12-6-5-7-13-20/h5-9,12-15,19H,4,10-11,16-18H2,1-3H3,(H,26,30). The van der Waals surface area contributed by atoms with Crippen molar-refractivity contribution in [3.8, 4) is 0 Å². The van der Waals surface area contributed by atoms with Crippen molar-refractivity contribution in [3.63, 3.8) is 0 Å². The fourth-order valence-electron chi connectivity index (χ4n) is 3.81. The lowest BCUT2D eigenvalue weighted by Crippen LogP contribution is -2.39. The van der Waals surface area contributed by atoms with Gasteiger partial charge in [-0.3, -0.25) is 9.59 Å². The van der Waals surface area contributed by atoms with E-state index in [2.05, 4.69) is 5.32 Å². The Balaban J connectivity index is 1.79. The molecule has 6 nitrogen and oxygen atoms in total. The lowest BCUT2D eigenvalue weighted by Gasteiger charge is -2.27. The number of para-hydroxylation sites is 3. The summed E-state index contributed by atoms with van der Waals surface area (Å²) < 4.78 is 2.02. The molecule has 2 amide bonds. The second-order valence-corrected chi connectivity index (χ2v) is 8.00. The van der Waals surface area contributed by atoms with E-state index in [4.69, 9.17) is 4.98 Å². The molecule has 0 atom stereocenters. The number of fused-ring (bicyclic) bond motifs is 1. The van der Waals surface area contributed by atoms with Crippen LogP contribution in [0, 0.1) is 0 Å². The Bertz CT molecular complexity index is 1010. The smallest absolute Gasteiger partial charge is 0.247 e. The number of hydrogen-bond donors (Lipinski definition) is 1. The summed E-state index contributed by atoms with van der Waals surface area (Å²) in [7, 11) is 0. The molecule has 0 saturated carbocycles. The molecule has 164 valence electrons. The van der Waals surface area contributed by atoms with Gasteiger partial charge in [0.25, 0.3) is 0 Å². The first-order valence-electron chi connectivity index (χ1n) is 11.1. The van der Waals surface area contributed by atoms with Crippen molar-refractivity contribution in [1.29, 1.82) is 0 Å². The number of rotatable bonds is 10. The van der Waals surface area contributed by atoms with Crippen LogP contribution in [0.2, 0.25) is 0 Å². The highest BCUT2D eigenvalue weighted by molar-refractivity contribution is 5.94. The molecule has 31 heavy (non-hydrogen) atoms. The third kappa shape index (κ3) is 5.72. The topological polar surface area (TPSA) is 67.2 Å². The quantitative estimate of drug-likeness (QED) is 0.497. The minimum absolute atomic E-state index is 0.0295. The van der Waals surface area contributed by atoms with Crippen molar-refractivity contribution < 1.29 is 9.59 Å². The third-order valence-corrected chi connectivity index (χ3v) is 5.22. The fraction of sp³-hybridized carbons (Fsp3) is 0.400. The molecule has 1 heterocycles. The lowest BCUT2D eigenvalue weighted by atomic mass is 10.2. The molecule has 0 aliphatic heterocycles. The van der Waals surface area contributed by atoms with E-state index in [1.807, 2.05) is 84.8 Å². The molecule has 1 aromatic heterocycles. The van der Waals surface area contributed by atoms with E-state index in [-0.39, 0.29) is 24.4 Å². The molecule has 3 aromatic rings. The number of hydrogen-bond acceptors (Lipinski definition) is 3. The zero-order valence-electron chi connectivity index (χ0n) is 18.7. The predicted molar refractivity (Wildman–Crippen MR) is 125 cm³/mol. The molecule has 3 rings (SSSR count). The normalized spacial score (nSPS) is 11.1. The molecule has 2 aromatic carbocycles. The van der Waals surface area contributed by atoms with Crippen LogP contribution in [0.4, 0.5) is 5.69 Å². The first-order chi connectivity index (χ1) is 15.0. The second kappa shape index (κ2) is 10.8. The largest absolute Gasteiger partial charge is 0.356 e. The molecular weight excluding hydrogens is 388 g/mol. The van der Waals surface area contributed by atoms with Gasteiger partial charge in [0.1, 0.15) is 12.4 Å². The lowest BCUT2D eigenvalue weighted by molar-refractivity contribution is -0.121. The average Bonchev–Trinajstić information content (AvgIpc) is 3.09. The van der Waals surface area contributed by atoms with Gasteiger partial charge in [-0.1, -0.05) is 37.3 Å². The maximum Gasteiger partial charge on any atom is 0.247 e. The Morgan fingerprint density at radius 1 is 1.06 bits per heavy atom. The van der Waals surface area contributed by atoms with E-state index in [0.717, 1.165) is 35.4 Å². The van der Waals surface area contributed by atoms with Crippen molar-refractivity contribution in [2.75, 3.05) is 11.4 Å². The van der Waals surface area contributed by atoms with Crippen molar-refractivity contribution in [2.45, 2.75) is 59.0 Å². The zero-order chi connectivity index (χ0) is 22.2. The molecule has 1 N–H and O–H groups in total. The van der Waals surface area contributed by atoms with Gasteiger partial charge in [-0.15, -0.1) is 0 Å². The average molecular weight is 421 g/mol. The summed E-state index contributed by atoms with van der Waals surface area (Å²) in [5.74, 6) is 0.986. The molecule has 0 bridgehead atoms. The number of aryl methyl sites for hydroxylation is 1. The number of nitrogens with one attached hydrogen (secondary N) is 1. The van der Waals surface area contributed by atoms with Crippen LogP contribution in [0.1, 0.15) is 45.9 Å². The van der Waals surface area contributed by atoms with Gasteiger partial charge in [-0.25, -0.2) is 4.98 Å². The monoisotopic (exact) mass is 420 g/mol. The van der Waals surface area contributed by atoms with Gasteiger partial charge in [-0.05, 0) is 51.0 Å². The van der Waals surface area contributed by atoms with Crippen LogP contribution >= 0.6 is 0 Å². The molecule has 0 radical (unpaired) electrons. The SMILES string of the molecule is CCCC(=O)NCCCc1nc2ccccc2n1CC(=O)N(c1ccccc1)C(C)C. The minimum atomic E-state index is 0.0295. The summed E-state index contributed by atoms with van der Waals surface area (Å²) in [5, 5.41) is 2.95. The summed E-state index contributed by atoms with van der Waals surface area (Å²) in [4.78, 5) is 31.7. The predicted octanol–water partition coefficient (Wildman–Crippen LogP) is 4.33. The summed E-state index contributed by atoms with van der Waals surface area (Å²) >= 11 is 0. The van der Waals surface area contributed by atoms with Gasteiger partial charge in [0.15, 0.2) is 0 Å². The fourth-order valence-corrected chi connectivity index (χ4v) is 3.81. The highest BCUT2D eigenvalue weighted by Crippen LogP contribution is 2.21. The molecule has 0 aliphatic rings. The molecule has 0 aliphatic carbocycles. The van der Waals surface area contributed by atoms with Gasteiger partial charge in [0, 0.05) is 31.1 Å². The number of aromatic nitrogens is 2. The van der Waals surface area contributed by atoms with E-state index in [9.17, 15) is 9.59 Å². The van der Waals surface area contributed by atoms with Crippen LogP contribution in [0.3, 0.4) is 0 Å². The van der Waals surface area contributed by atoms with Crippen molar-refractivity contribution in [1.82, 2.24) is 14.9 Å². The zero-order valence-corrected chi connectivity index (χ0v) is 18.7. The Morgan fingerprint density at radius 3 is 2.48 bits per heavy atom. The Morgan fingerprint density at radius 2 is 1.77 bits per heavy atom. The van der Waals surface area contributed by atoms with Crippen LogP contribution in [-0.4, -0.2) is 34.0 Å². The first kappa shape index (κ1) is 22.5. The van der Waals surface area contributed by atoms with Crippen molar-refractivity contribution in [2.24, 2.45) is 0 Å². The second-order valence-electron chi connectivity index (χ2n) is 8.00. The van der Waals surface area contributed by atoms with Crippen LogP contribution in [0.5, 0.6) is 0 Å². The molecule has 0 unspecified atom stereocenters. The number of carbonyl (C=O) groups excluding carboxylic acids is 2. The van der Waals surface area contributed by atoms with Gasteiger partial charge in [0.05, 0.1) is 11.0 Å². The number of amides is 2. The van der Waals surface area contributed by atoms with E-state index >= 15 is 0 Å². The number of nitrogens with zero attached hydrogens (tertiary/aromatic N) is 3. The van der Waals surface area contributed by atoms with Gasteiger partial charge in [0.2, 0.25) is 11.8 Å². The molecule has 0 fully saturated rings. The summed E-state index contributed by atoms with van der Waals surface area (Å²) in [6.07, 6.45) is 2.87. The third-order valence-electron chi connectivity index (χ3n) is 5.22.